The molecule has 0 bridgehead atoms. The van der Waals surface area contributed by atoms with E-state index in [2.05, 4.69) is 0 Å². The Morgan fingerprint density at radius 1 is 1.40 bits per heavy atom. The first-order chi connectivity index (χ1) is 9.49. The molecule has 0 N–H and O–H groups in total. The summed E-state index contributed by atoms with van der Waals surface area (Å²) in [6, 6.07) is 5.33. The first-order valence-electron chi connectivity index (χ1n) is 6.24. The summed E-state index contributed by atoms with van der Waals surface area (Å²) in [4.78, 5) is 26.0. The number of rotatable bonds is 6. The van der Waals surface area contributed by atoms with Gasteiger partial charge in [-0.25, -0.2) is 0 Å². The van der Waals surface area contributed by atoms with Crippen molar-refractivity contribution in [3.63, 3.8) is 0 Å². The fourth-order valence-electron chi connectivity index (χ4n) is 1.59. The van der Waals surface area contributed by atoms with Crippen molar-refractivity contribution in [3.8, 4) is 0 Å². The van der Waals surface area contributed by atoms with Crippen LogP contribution in [0.15, 0.2) is 23.1 Å². The lowest BCUT2D eigenvalue weighted by Crippen LogP contribution is -2.29. The van der Waals surface area contributed by atoms with Gasteiger partial charge in [-0.3, -0.25) is 9.59 Å². The molecular weight excluding hydrogens is 298 g/mol. The van der Waals surface area contributed by atoms with E-state index in [-0.39, 0.29) is 18.3 Å². The SMILES string of the molecule is CCOC(=O)CCN(C)C(=O)c1cc(SC)ccc1Cl. The number of hydrogen-bond donors (Lipinski definition) is 0. The van der Waals surface area contributed by atoms with E-state index in [4.69, 9.17) is 16.3 Å². The van der Waals surface area contributed by atoms with Gasteiger partial charge in [-0.2, -0.15) is 0 Å². The van der Waals surface area contributed by atoms with E-state index in [9.17, 15) is 9.59 Å². The Morgan fingerprint density at radius 3 is 2.70 bits per heavy atom. The molecule has 1 amide bonds. The highest BCUT2D eigenvalue weighted by Crippen LogP contribution is 2.24. The van der Waals surface area contributed by atoms with E-state index >= 15 is 0 Å². The number of amides is 1. The Hall–Kier alpha value is -1.20. The molecule has 0 aliphatic rings. The lowest BCUT2D eigenvalue weighted by atomic mass is 10.2. The molecule has 0 aliphatic heterocycles. The van der Waals surface area contributed by atoms with E-state index < -0.39 is 0 Å². The predicted molar refractivity (Wildman–Crippen MR) is 81.4 cm³/mol. The van der Waals surface area contributed by atoms with Crippen LogP contribution in [0.5, 0.6) is 0 Å². The van der Waals surface area contributed by atoms with Crippen LogP contribution in [-0.2, 0) is 9.53 Å². The number of hydrogen-bond acceptors (Lipinski definition) is 4. The minimum atomic E-state index is -0.309. The molecular formula is C14H18ClNO3S. The standard InChI is InChI=1S/C14H18ClNO3S/c1-4-19-13(17)7-8-16(2)14(18)11-9-10(20-3)5-6-12(11)15/h5-6,9H,4,7-8H2,1-3H3. The topological polar surface area (TPSA) is 46.6 Å². The maximum Gasteiger partial charge on any atom is 0.307 e. The molecule has 0 atom stereocenters. The third-order valence-corrected chi connectivity index (χ3v) is 3.76. The van der Waals surface area contributed by atoms with Crippen LogP contribution in [0.3, 0.4) is 0 Å². The van der Waals surface area contributed by atoms with Crippen LogP contribution in [0.1, 0.15) is 23.7 Å². The van der Waals surface area contributed by atoms with Crippen LogP contribution in [0.25, 0.3) is 0 Å². The van der Waals surface area contributed by atoms with Crippen LogP contribution < -0.4 is 0 Å². The quantitative estimate of drug-likeness (QED) is 0.598. The molecule has 0 radical (unpaired) electrons. The lowest BCUT2D eigenvalue weighted by Gasteiger charge is -2.17. The molecule has 0 heterocycles. The highest BCUT2D eigenvalue weighted by Gasteiger charge is 2.16. The molecule has 0 spiro atoms. The van der Waals surface area contributed by atoms with Crippen molar-refractivity contribution in [2.75, 3.05) is 26.5 Å². The number of esters is 1. The Morgan fingerprint density at radius 2 is 2.10 bits per heavy atom. The van der Waals surface area contributed by atoms with Crippen molar-refractivity contribution in [2.45, 2.75) is 18.2 Å². The highest BCUT2D eigenvalue weighted by molar-refractivity contribution is 7.98. The number of nitrogens with zero attached hydrogens (tertiary/aromatic N) is 1. The van der Waals surface area contributed by atoms with Gasteiger partial charge in [-0.1, -0.05) is 11.6 Å². The van der Waals surface area contributed by atoms with Gasteiger partial charge in [0.15, 0.2) is 0 Å². The van der Waals surface area contributed by atoms with Crippen molar-refractivity contribution in [3.05, 3.63) is 28.8 Å². The summed E-state index contributed by atoms with van der Waals surface area (Å²) >= 11 is 7.60. The lowest BCUT2D eigenvalue weighted by molar-refractivity contribution is -0.143. The maximum atomic E-state index is 12.3. The zero-order valence-corrected chi connectivity index (χ0v) is 13.4. The van der Waals surface area contributed by atoms with Crippen molar-refractivity contribution < 1.29 is 14.3 Å². The summed E-state index contributed by atoms with van der Waals surface area (Å²) in [5.74, 6) is -0.508. The number of benzene rings is 1. The van der Waals surface area contributed by atoms with Crippen LogP contribution in [-0.4, -0.2) is 43.2 Å². The van der Waals surface area contributed by atoms with Gasteiger partial charge in [0.25, 0.3) is 5.91 Å². The zero-order chi connectivity index (χ0) is 15.1. The summed E-state index contributed by atoms with van der Waals surface area (Å²) < 4.78 is 4.83. The molecule has 0 unspecified atom stereocenters. The smallest absolute Gasteiger partial charge is 0.307 e. The summed E-state index contributed by atoms with van der Waals surface area (Å²) in [5, 5.41) is 0.413. The highest BCUT2D eigenvalue weighted by atomic mass is 35.5. The zero-order valence-electron chi connectivity index (χ0n) is 11.8. The van der Waals surface area contributed by atoms with E-state index in [0.29, 0.717) is 23.7 Å². The minimum absolute atomic E-state index is 0.177. The average molecular weight is 316 g/mol. The number of thioether (sulfide) groups is 1. The van der Waals surface area contributed by atoms with Crippen molar-refractivity contribution in [1.82, 2.24) is 4.90 Å². The molecule has 0 saturated heterocycles. The van der Waals surface area contributed by atoms with E-state index in [1.54, 1.807) is 37.9 Å². The van der Waals surface area contributed by atoms with Gasteiger partial charge in [0, 0.05) is 18.5 Å². The average Bonchev–Trinajstić information content (AvgIpc) is 2.45. The van der Waals surface area contributed by atoms with Crippen LogP contribution in [0, 0.1) is 0 Å². The Labute approximate surface area is 128 Å². The fraction of sp³-hybridized carbons (Fsp3) is 0.429. The number of halogens is 1. The fourth-order valence-corrected chi connectivity index (χ4v) is 2.23. The van der Waals surface area contributed by atoms with Crippen molar-refractivity contribution in [2.24, 2.45) is 0 Å². The molecule has 6 heteroatoms. The molecule has 0 saturated carbocycles. The molecule has 1 aromatic rings. The van der Waals surface area contributed by atoms with Crippen molar-refractivity contribution >= 4 is 35.2 Å². The predicted octanol–water partition coefficient (Wildman–Crippen LogP) is 3.09. The number of carbonyl (C=O) groups is 2. The maximum absolute atomic E-state index is 12.3. The molecule has 1 aromatic carbocycles. The van der Waals surface area contributed by atoms with Gasteiger partial charge in [-0.05, 0) is 31.4 Å². The first kappa shape index (κ1) is 16.9. The summed E-state index contributed by atoms with van der Waals surface area (Å²) in [5.41, 5.74) is 0.449. The van der Waals surface area contributed by atoms with Gasteiger partial charge in [0.2, 0.25) is 0 Å². The van der Waals surface area contributed by atoms with E-state index in [0.717, 1.165) is 4.90 Å². The molecule has 0 aliphatic carbocycles. The van der Waals surface area contributed by atoms with Crippen molar-refractivity contribution in [1.29, 1.82) is 0 Å². The largest absolute Gasteiger partial charge is 0.466 e. The van der Waals surface area contributed by atoms with Crippen LogP contribution in [0.2, 0.25) is 5.02 Å². The normalized spacial score (nSPS) is 10.2. The molecule has 20 heavy (non-hydrogen) atoms. The third kappa shape index (κ3) is 4.72. The molecule has 1 rings (SSSR count). The second-order valence-corrected chi connectivity index (χ2v) is 5.41. The van der Waals surface area contributed by atoms with Crippen LogP contribution in [0.4, 0.5) is 0 Å². The van der Waals surface area contributed by atoms with E-state index in [1.165, 1.54) is 4.90 Å². The van der Waals surface area contributed by atoms with Crippen LogP contribution >= 0.6 is 23.4 Å². The minimum Gasteiger partial charge on any atom is -0.466 e. The van der Waals surface area contributed by atoms with Gasteiger partial charge in [-0.15, -0.1) is 11.8 Å². The Balaban J connectivity index is 2.71. The Bertz CT molecular complexity index is 493. The monoisotopic (exact) mass is 315 g/mol. The summed E-state index contributed by atoms with van der Waals surface area (Å²) in [7, 11) is 1.64. The van der Waals surface area contributed by atoms with Gasteiger partial charge >= 0.3 is 5.97 Å². The second-order valence-electron chi connectivity index (χ2n) is 4.13. The van der Waals surface area contributed by atoms with Gasteiger partial charge < -0.3 is 9.64 Å². The third-order valence-electron chi connectivity index (χ3n) is 2.71. The summed E-state index contributed by atoms with van der Waals surface area (Å²) in [6.07, 6.45) is 2.11. The molecule has 0 fully saturated rings. The van der Waals surface area contributed by atoms with Gasteiger partial charge in [0.05, 0.1) is 23.6 Å². The first-order valence-corrected chi connectivity index (χ1v) is 7.84. The molecule has 0 aromatic heterocycles. The molecule has 4 nitrogen and oxygen atoms in total. The number of ether oxygens (including phenoxy) is 1. The molecule has 110 valence electrons. The second kappa shape index (κ2) is 8.17. The Kier molecular flexibility index (Phi) is 6.88. The summed E-state index contributed by atoms with van der Waals surface area (Å²) in [6.45, 7) is 2.40. The van der Waals surface area contributed by atoms with E-state index in [1.807, 2.05) is 12.3 Å². The van der Waals surface area contributed by atoms with Gasteiger partial charge in [0.1, 0.15) is 0 Å². The number of carbonyl (C=O) groups excluding carboxylic acids is 2.